The van der Waals surface area contributed by atoms with Crippen molar-refractivity contribution in [2.24, 2.45) is 0 Å². The molecule has 0 saturated carbocycles. The Morgan fingerprint density at radius 2 is 1.92 bits per heavy atom. The zero-order valence-corrected chi connectivity index (χ0v) is 16.8. The van der Waals surface area contributed by atoms with Gasteiger partial charge in [-0.1, -0.05) is 29.8 Å². The van der Waals surface area contributed by atoms with E-state index < -0.39 is 0 Å². The first kappa shape index (κ1) is 19.9. The number of anilines is 1. The smallest absolute Gasteiger partial charge is 0.338 e. The maximum absolute atomic E-state index is 12.0. The topological polar surface area (TPSA) is 50.4 Å². The molecule has 26 heavy (non-hydrogen) atoms. The van der Waals surface area contributed by atoms with Gasteiger partial charge in [0.15, 0.2) is 5.11 Å². The van der Waals surface area contributed by atoms with Gasteiger partial charge in [-0.15, -0.1) is 0 Å². The van der Waals surface area contributed by atoms with Gasteiger partial charge in [0, 0.05) is 5.69 Å². The van der Waals surface area contributed by atoms with Crippen LogP contribution in [0.4, 0.5) is 5.69 Å². The minimum Gasteiger partial charge on any atom is -0.462 e. The second-order valence-corrected chi connectivity index (χ2v) is 6.79. The Kier molecular flexibility index (Phi) is 6.75. The summed E-state index contributed by atoms with van der Waals surface area (Å²) < 4.78 is 5.10. The molecule has 5 heteroatoms. The van der Waals surface area contributed by atoms with Crippen molar-refractivity contribution in [3.05, 3.63) is 64.2 Å². The Morgan fingerprint density at radius 1 is 1.19 bits per heavy atom. The Hall–Kier alpha value is -2.40. The third-order valence-electron chi connectivity index (χ3n) is 4.32. The van der Waals surface area contributed by atoms with Crippen LogP contribution in [0.3, 0.4) is 0 Å². The molecule has 0 heterocycles. The van der Waals surface area contributed by atoms with Crippen LogP contribution in [0.25, 0.3) is 0 Å². The molecule has 0 aliphatic rings. The second kappa shape index (κ2) is 8.81. The molecule has 0 aliphatic heterocycles. The van der Waals surface area contributed by atoms with Crippen molar-refractivity contribution in [1.29, 1.82) is 0 Å². The largest absolute Gasteiger partial charge is 0.462 e. The number of thiocarbonyl (C=S) groups is 1. The second-order valence-electron chi connectivity index (χ2n) is 6.38. The summed E-state index contributed by atoms with van der Waals surface area (Å²) in [5.74, 6) is -0.323. The molecule has 0 aliphatic carbocycles. The van der Waals surface area contributed by atoms with Crippen molar-refractivity contribution >= 4 is 29.0 Å². The molecule has 0 saturated heterocycles. The van der Waals surface area contributed by atoms with Crippen LogP contribution in [-0.2, 0) is 4.74 Å². The van der Waals surface area contributed by atoms with E-state index in [1.54, 1.807) is 13.0 Å². The Bertz CT molecular complexity index is 818. The predicted molar refractivity (Wildman–Crippen MR) is 111 cm³/mol. The van der Waals surface area contributed by atoms with Gasteiger partial charge in [-0.25, -0.2) is 4.79 Å². The van der Waals surface area contributed by atoms with E-state index >= 15 is 0 Å². The zero-order valence-electron chi connectivity index (χ0n) is 16.0. The van der Waals surface area contributed by atoms with Crippen molar-refractivity contribution in [1.82, 2.24) is 5.32 Å². The highest BCUT2D eigenvalue weighted by molar-refractivity contribution is 7.80. The summed E-state index contributed by atoms with van der Waals surface area (Å²) in [4.78, 5) is 12.0. The quantitative estimate of drug-likeness (QED) is 0.583. The minimum absolute atomic E-state index is 0.0733. The first-order valence-electron chi connectivity index (χ1n) is 8.74. The third kappa shape index (κ3) is 4.82. The molecule has 0 bridgehead atoms. The van der Waals surface area contributed by atoms with Gasteiger partial charge in [0.1, 0.15) is 0 Å². The summed E-state index contributed by atoms with van der Waals surface area (Å²) in [6.45, 7) is 10.3. The maximum atomic E-state index is 12.0. The molecule has 0 spiro atoms. The first-order valence-corrected chi connectivity index (χ1v) is 9.15. The predicted octanol–water partition coefficient (Wildman–Crippen LogP) is 4.84. The molecule has 0 fully saturated rings. The average molecular weight is 371 g/mol. The standard InChI is InChI=1S/C21H26N2O2S/c1-6-25-20(24)18-8-7-9-19(15(18)4)23-21(26)22-16(5)17-11-10-13(2)12-14(17)3/h7-12,16H,6H2,1-5H3,(H2,22,23,26). The fraction of sp³-hybridized carbons (Fsp3) is 0.333. The number of benzene rings is 2. The maximum Gasteiger partial charge on any atom is 0.338 e. The van der Waals surface area contributed by atoms with Crippen LogP contribution >= 0.6 is 12.2 Å². The van der Waals surface area contributed by atoms with E-state index in [9.17, 15) is 4.79 Å². The molecular weight excluding hydrogens is 344 g/mol. The van der Waals surface area contributed by atoms with Crippen LogP contribution in [0.1, 0.15) is 52.5 Å². The van der Waals surface area contributed by atoms with E-state index in [-0.39, 0.29) is 12.0 Å². The summed E-state index contributed by atoms with van der Waals surface area (Å²) >= 11 is 5.46. The van der Waals surface area contributed by atoms with Gasteiger partial charge in [-0.2, -0.15) is 0 Å². The van der Waals surface area contributed by atoms with Crippen LogP contribution in [0, 0.1) is 20.8 Å². The van der Waals surface area contributed by atoms with Crippen LogP contribution in [0.5, 0.6) is 0 Å². The lowest BCUT2D eigenvalue weighted by Crippen LogP contribution is -2.31. The van der Waals surface area contributed by atoms with E-state index in [0.717, 1.165) is 11.3 Å². The molecule has 2 N–H and O–H groups in total. The molecule has 4 nitrogen and oxygen atoms in total. The van der Waals surface area contributed by atoms with Crippen molar-refractivity contribution in [3.8, 4) is 0 Å². The van der Waals surface area contributed by atoms with Crippen LogP contribution in [0.2, 0.25) is 0 Å². The molecule has 0 amide bonds. The Labute approximate surface area is 161 Å². The van der Waals surface area contributed by atoms with Crippen molar-refractivity contribution in [3.63, 3.8) is 0 Å². The lowest BCUT2D eigenvalue weighted by molar-refractivity contribution is 0.0525. The summed E-state index contributed by atoms with van der Waals surface area (Å²) in [5.41, 5.74) is 5.83. The summed E-state index contributed by atoms with van der Waals surface area (Å²) in [5, 5.41) is 7.02. The van der Waals surface area contributed by atoms with E-state index in [0.29, 0.717) is 17.3 Å². The van der Waals surface area contributed by atoms with Crippen molar-refractivity contribution in [2.45, 2.75) is 40.7 Å². The molecule has 0 aromatic heterocycles. The van der Waals surface area contributed by atoms with E-state index in [4.69, 9.17) is 17.0 Å². The highest BCUT2D eigenvalue weighted by atomic mass is 32.1. The summed E-state index contributed by atoms with van der Waals surface area (Å²) in [6, 6.07) is 11.9. The summed E-state index contributed by atoms with van der Waals surface area (Å²) in [7, 11) is 0. The molecule has 1 unspecified atom stereocenters. The number of aryl methyl sites for hydroxylation is 2. The number of ether oxygens (including phenoxy) is 1. The fourth-order valence-corrected chi connectivity index (χ4v) is 3.23. The first-order chi connectivity index (χ1) is 12.3. The van der Waals surface area contributed by atoms with Gasteiger partial charge in [0.05, 0.1) is 18.2 Å². The lowest BCUT2D eigenvalue weighted by Gasteiger charge is -2.20. The molecule has 1 atom stereocenters. The highest BCUT2D eigenvalue weighted by Gasteiger charge is 2.14. The van der Waals surface area contributed by atoms with Crippen LogP contribution < -0.4 is 10.6 Å². The van der Waals surface area contributed by atoms with E-state index in [1.807, 2.05) is 19.1 Å². The number of carbonyl (C=O) groups excluding carboxylic acids is 1. The lowest BCUT2D eigenvalue weighted by atomic mass is 10.0. The number of hydrogen-bond acceptors (Lipinski definition) is 3. The van der Waals surface area contributed by atoms with E-state index in [2.05, 4.69) is 49.6 Å². The summed E-state index contributed by atoms with van der Waals surface area (Å²) in [6.07, 6.45) is 0. The zero-order chi connectivity index (χ0) is 19.3. The molecule has 0 radical (unpaired) electrons. The molecule has 138 valence electrons. The number of esters is 1. The molecular formula is C21H26N2O2S. The van der Waals surface area contributed by atoms with Gasteiger partial charge < -0.3 is 15.4 Å². The number of rotatable bonds is 5. The van der Waals surface area contributed by atoms with Crippen molar-refractivity contribution in [2.75, 3.05) is 11.9 Å². The number of carbonyl (C=O) groups is 1. The molecule has 2 aromatic rings. The monoisotopic (exact) mass is 370 g/mol. The Morgan fingerprint density at radius 3 is 2.58 bits per heavy atom. The Balaban J connectivity index is 2.10. The average Bonchev–Trinajstić information content (AvgIpc) is 2.56. The minimum atomic E-state index is -0.323. The van der Waals surface area contributed by atoms with E-state index in [1.165, 1.54) is 16.7 Å². The molecule has 2 aromatic carbocycles. The van der Waals surface area contributed by atoms with Crippen LogP contribution in [0.15, 0.2) is 36.4 Å². The number of hydrogen-bond donors (Lipinski definition) is 2. The third-order valence-corrected chi connectivity index (χ3v) is 4.54. The molecule has 2 rings (SSSR count). The normalized spacial score (nSPS) is 11.6. The van der Waals surface area contributed by atoms with Gasteiger partial charge in [-0.3, -0.25) is 0 Å². The van der Waals surface area contributed by atoms with Gasteiger partial charge in [0.25, 0.3) is 0 Å². The highest BCUT2D eigenvalue weighted by Crippen LogP contribution is 2.21. The SMILES string of the molecule is CCOC(=O)c1cccc(NC(=S)NC(C)c2ccc(C)cc2C)c1C. The van der Waals surface area contributed by atoms with Gasteiger partial charge in [0.2, 0.25) is 0 Å². The number of nitrogens with one attached hydrogen (secondary N) is 2. The van der Waals surface area contributed by atoms with Gasteiger partial charge >= 0.3 is 5.97 Å². The van der Waals surface area contributed by atoms with Crippen LogP contribution in [-0.4, -0.2) is 17.7 Å². The van der Waals surface area contributed by atoms with Crippen molar-refractivity contribution < 1.29 is 9.53 Å². The fourth-order valence-electron chi connectivity index (χ4n) is 2.95. The van der Waals surface area contributed by atoms with Gasteiger partial charge in [-0.05, 0) is 75.7 Å².